The Labute approximate surface area is 115 Å². The molecule has 0 radical (unpaired) electrons. The topological polar surface area (TPSA) is 92.9 Å². The summed E-state index contributed by atoms with van der Waals surface area (Å²) in [5.41, 5.74) is 0.301. The molecule has 0 aromatic heterocycles. The third-order valence-corrected chi connectivity index (χ3v) is 2.90. The molecule has 1 atom stereocenters. The Kier molecular flexibility index (Phi) is 5.74. The van der Waals surface area contributed by atoms with Crippen molar-refractivity contribution in [2.75, 3.05) is 12.9 Å². The van der Waals surface area contributed by atoms with Crippen LogP contribution in [0, 0.1) is 10.1 Å². The zero-order chi connectivity index (χ0) is 14.4. The Bertz CT molecular complexity index is 468. The predicted octanol–water partition coefficient (Wildman–Crippen LogP) is 1.34. The lowest BCUT2D eigenvalue weighted by Gasteiger charge is -2.24. The van der Waals surface area contributed by atoms with E-state index < -0.39 is 16.9 Å². The minimum atomic E-state index is -1.10. The van der Waals surface area contributed by atoms with E-state index in [0.29, 0.717) is 5.56 Å². The number of benzene rings is 1. The fourth-order valence-electron chi connectivity index (χ4n) is 1.58. The molecular weight excluding hydrogens is 272 g/mol. The van der Waals surface area contributed by atoms with Gasteiger partial charge in [-0.2, -0.15) is 17.7 Å². The van der Waals surface area contributed by atoms with E-state index >= 15 is 0 Å². The van der Waals surface area contributed by atoms with Crippen molar-refractivity contribution < 1.29 is 19.7 Å². The first-order valence-electron chi connectivity index (χ1n) is 5.38. The van der Waals surface area contributed by atoms with Gasteiger partial charge in [-0.3, -0.25) is 14.9 Å². The number of carbonyl (C=O) groups is 1. The van der Waals surface area contributed by atoms with Crippen LogP contribution in [0.4, 0.5) is 5.69 Å². The first-order chi connectivity index (χ1) is 9.01. The maximum absolute atomic E-state index is 11.0. The number of nitro benzene ring substituents is 1. The van der Waals surface area contributed by atoms with E-state index in [-0.39, 0.29) is 18.0 Å². The van der Waals surface area contributed by atoms with Gasteiger partial charge in [-0.1, -0.05) is 18.2 Å². The number of carboxylic acids is 1. The van der Waals surface area contributed by atoms with E-state index in [0.717, 1.165) is 5.06 Å². The van der Waals surface area contributed by atoms with Crippen LogP contribution in [0.25, 0.3) is 0 Å². The van der Waals surface area contributed by atoms with Crippen molar-refractivity contribution in [1.29, 1.82) is 0 Å². The number of para-hydroxylation sites is 1. The number of hydrogen-bond acceptors (Lipinski definition) is 6. The van der Waals surface area contributed by atoms with Crippen LogP contribution in [-0.4, -0.2) is 40.0 Å². The number of aliphatic carboxylic acids is 1. The molecule has 104 valence electrons. The highest BCUT2D eigenvalue weighted by Gasteiger charge is 2.26. The van der Waals surface area contributed by atoms with Crippen molar-refractivity contribution in [3.05, 3.63) is 39.9 Å². The summed E-state index contributed by atoms with van der Waals surface area (Å²) >= 11 is 3.94. The molecule has 0 fully saturated rings. The molecule has 0 amide bonds. The summed E-state index contributed by atoms with van der Waals surface area (Å²) in [6.45, 7) is -0.00875. The fraction of sp³-hybridized carbons (Fsp3) is 0.364. The number of hydrogen-bond donors (Lipinski definition) is 2. The quantitative estimate of drug-likeness (QED) is 0.446. The van der Waals surface area contributed by atoms with E-state index in [1.807, 2.05) is 0 Å². The van der Waals surface area contributed by atoms with E-state index in [9.17, 15) is 14.9 Å². The van der Waals surface area contributed by atoms with E-state index in [4.69, 9.17) is 9.94 Å². The molecule has 8 heteroatoms. The lowest BCUT2D eigenvalue weighted by molar-refractivity contribution is -0.386. The minimum Gasteiger partial charge on any atom is -0.480 e. The van der Waals surface area contributed by atoms with Crippen molar-refractivity contribution in [2.45, 2.75) is 12.6 Å². The van der Waals surface area contributed by atoms with Crippen LogP contribution >= 0.6 is 12.6 Å². The Morgan fingerprint density at radius 2 is 2.21 bits per heavy atom. The Morgan fingerprint density at radius 1 is 1.58 bits per heavy atom. The standard InChI is InChI=1S/C11H14N2O5S/c1-18-12(10(7-19)11(14)15)6-8-4-2-3-5-9(8)13(16)17/h2-5,10,19H,6-7H2,1H3,(H,14,15). The second kappa shape index (κ2) is 7.07. The van der Waals surface area contributed by atoms with Gasteiger partial charge in [-0.25, -0.2) is 0 Å². The number of carboxylic acid groups (broad SMARTS) is 1. The molecule has 0 saturated heterocycles. The maximum Gasteiger partial charge on any atom is 0.324 e. The lowest BCUT2D eigenvalue weighted by Crippen LogP contribution is -2.41. The van der Waals surface area contributed by atoms with Crippen LogP contribution in [-0.2, 0) is 16.2 Å². The number of nitro groups is 1. The maximum atomic E-state index is 11.0. The van der Waals surface area contributed by atoms with Crippen LogP contribution in [0.3, 0.4) is 0 Å². The third kappa shape index (κ3) is 3.91. The molecule has 0 aliphatic heterocycles. The molecule has 0 bridgehead atoms. The lowest BCUT2D eigenvalue weighted by atomic mass is 10.1. The van der Waals surface area contributed by atoms with Gasteiger partial charge in [-0.05, 0) is 0 Å². The summed E-state index contributed by atoms with van der Waals surface area (Å²) in [7, 11) is 1.31. The molecule has 0 aliphatic rings. The highest BCUT2D eigenvalue weighted by atomic mass is 32.1. The largest absolute Gasteiger partial charge is 0.480 e. The molecule has 0 heterocycles. The molecule has 1 unspecified atom stereocenters. The molecule has 0 aliphatic carbocycles. The average Bonchev–Trinajstić information content (AvgIpc) is 2.38. The molecular formula is C11H14N2O5S. The van der Waals surface area contributed by atoms with Gasteiger partial charge in [0.05, 0.1) is 18.6 Å². The molecule has 19 heavy (non-hydrogen) atoms. The first kappa shape index (κ1) is 15.4. The van der Waals surface area contributed by atoms with Gasteiger partial charge in [0.25, 0.3) is 5.69 Å². The smallest absolute Gasteiger partial charge is 0.324 e. The summed E-state index contributed by atoms with van der Waals surface area (Å²) in [6.07, 6.45) is 0. The summed E-state index contributed by atoms with van der Waals surface area (Å²) in [5, 5.41) is 21.1. The van der Waals surface area contributed by atoms with Crippen molar-refractivity contribution >= 4 is 24.3 Å². The molecule has 0 spiro atoms. The number of rotatable bonds is 7. The van der Waals surface area contributed by atoms with Crippen LogP contribution in [0.1, 0.15) is 5.56 Å². The molecule has 1 aromatic rings. The van der Waals surface area contributed by atoms with Crippen LogP contribution in [0.5, 0.6) is 0 Å². The zero-order valence-electron chi connectivity index (χ0n) is 10.2. The Hall–Kier alpha value is -1.64. The molecule has 1 rings (SSSR count). The van der Waals surface area contributed by atoms with Crippen molar-refractivity contribution in [3.8, 4) is 0 Å². The van der Waals surface area contributed by atoms with Crippen molar-refractivity contribution in [3.63, 3.8) is 0 Å². The van der Waals surface area contributed by atoms with E-state index in [1.54, 1.807) is 18.2 Å². The van der Waals surface area contributed by atoms with Crippen LogP contribution in [0.2, 0.25) is 0 Å². The highest BCUT2D eigenvalue weighted by molar-refractivity contribution is 7.80. The number of nitrogens with zero attached hydrogens (tertiary/aromatic N) is 2. The normalized spacial score (nSPS) is 12.4. The monoisotopic (exact) mass is 286 g/mol. The summed E-state index contributed by atoms with van der Waals surface area (Å²) in [4.78, 5) is 26.4. The van der Waals surface area contributed by atoms with Gasteiger partial charge in [0.15, 0.2) is 0 Å². The van der Waals surface area contributed by atoms with E-state index in [1.165, 1.54) is 13.2 Å². The van der Waals surface area contributed by atoms with Crippen molar-refractivity contribution in [2.24, 2.45) is 0 Å². The fourth-order valence-corrected chi connectivity index (χ4v) is 1.92. The molecule has 1 N–H and O–H groups in total. The minimum absolute atomic E-state index is 0.00875. The van der Waals surface area contributed by atoms with Gasteiger partial charge in [0.2, 0.25) is 0 Å². The summed E-state index contributed by atoms with van der Waals surface area (Å²) < 4.78 is 0. The molecule has 7 nitrogen and oxygen atoms in total. The summed E-state index contributed by atoms with van der Waals surface area (Å²) in [5.74, 6) is -1.07. The number of hydroxylamine groups is 2. The second-order valence-corrected chi connectivity index (χ2v) is 4.05. The van der Waals surface area contributed by atoms with Gasteiger partial charge in [0, 0.05) is 17.4 Å². The summed E-state index contributed by atoms with van der Waals surface area (Å²) in [6, 6.07) is 5.13. The number of thiol groups is 1. The van der Waals surface area contributed by atoms with Gasteiger partial charge >= 0.3 is 5.97 Å². The van der Waals surface area contributed by atoms with Gasteiger partial charge in [0.1, 0.15) is 6.04 Å². The van der Waals surface area contributed by atoms with Crippen LogP contribution < -0.4 is 0 Å². The van der Waals surface area contributed by atoms with Gasteiger partial charge in [-0.15, -0.1) is 0 Å². The molecule has 0 saturated carbocycles. The highest BCUT2D eigenvalue weighted by Crippen LogP contribution is 2.20. The Morgan fingerprint density at radius 3 is 2.68 bits per heavy atom. The second-order valence-electron chi connectivity index (χ2n) is 3.68. The predicted molar refractivity (Wildman–Crippen MR) is 70.9 cm³/mol. The van der Waals surface area contributed by atoms with Gasteiger partial charge < -0.3 is 9.94 Å². The Balaban J connectivity index is 2.98. The zero-order valence-corrected chi connectivity index (χ0v) is 11.1. The van der Waals surface area contributed by atoms with E-state index in [2.05, 4.69) is 12.6 Å². The third-order valence-electron chi connectivity index (χ3n) is 2.55. The SMILES string of the molecule is CON(Cc1ccccc1[N+](=O)[O-])C(CS)C(=O)O. The molecule has 1 aromatic carbocycles. The first-order valence-corrected chi connectivity index (χ1v) is 6.01. The average molecular weight is 286 g/mol. The van der Waals surface area contributed by atoms with Crippen LogP contribution in [0.15, 0.2) is 24.3 Å². The van der Waals surface area contributed by atoms with Crippen molar-refractivity contribution in [1.82, 2.24) is 5.06 Å².